The Bertz CT molecular complexity index is 674. The van der Waals surface area contributed by atoms with E-state index in [1.807, 2.05) is 6.92 Å². The molecule has 1 heterocycles. The molecule has 0 saturated carbocycles. The molecule has 0 aliphatic carbocycles. The predicted octanol–water partition coefficient (Wildman–Crippen LogP) is 3.40. The summed E-state index contributed by atoms with van der Waals surface area (Å²) in [4.78, 5) is 14.6. The van der Waals surface area contributed by atoms with Crippen LogP contribution in [0.5, 0.6) is 0 Å². The molecule has 0 amide bonds. The fraction of sp³-hybridized carbons (Fsp3) is 0.267. The van der Waals surface area contributed by atoms with Crippen LogP contribution in [0.3, 0.4) is 0 Å². The van der Waals surface area contributed by atoms with Gasteiger partial charge in [0.15, 0.2) is 0 Å². The molecule has 0 aliphatic heterocycles. The number of benzene rings is 1. The van der Waals surface area contributed by atoms with E-state index in [4.69, 9.17) is 0 Å². The third-order valence-corrected chi connectivity index (χ3v) is 3.20. The zero-order chi connectivity index (χ0) is 15.4. The van der Waals surface area contributed by atoms with Crippen molar-refractivity contribution in [3.63, 3.8) is 0 Å². The molecule has 0 bridgehead atoms. The molecule has 0 atom stereocenters. The topological polar surface area (TPSA) is 68.1 Å². The highest BCUT2D eigenvalue weighted by molar-refractivity contribution is 5.56. The van der Waals surface area contributed by atoms with Crippen molar-refractivity contribution in [1.29, 1.82) is 0 Å². The minimum Gasteiger partial charge on any atom is -0.364 e. The second kappa shape index (κ2) is 6.30. The number of nitrogens with zero attached hydrogens (tertiary/aromatic N) is 2. The molecule has 0 fully saturated rings. The van der Waals surface area contributed by atoms with Gasteiger partial charge in [-0.1, -0.05) is 6.07 Å². The van der Waals surface area contributed by atoms with Crippen LogP contribution in [-0.4, -0.2) is 16.5 Å². The molecule has 2 rings (SSSR count). The van der Waals surface area contributed by atoms with Crippen molar-refractivity contribution in [2.75, 3.05) is 11.9 Å². The van der Waals surface area contributed by atoms with Gasteiger partial charge in [-0.05, 0) is 49.6 Å². The Kier molecular flexibility index (Phi) is 4.47. The Labute approximate surface area is 122 Å². The summed E-state index contributed by atoms with van der Waals surface area (Å²) in [6.45, 7) is 4.11. The minimum atomic E-state index is -0.460. The van der Waals surface area contributed by atoms with Crippen LogP contribution in [0.1, 0.15) is 16.8 Å². The van der Waals surface area contributed by atoms with Crippen molar-refractivity contribution >= 4 is 11.5 Å². The summed E-state index contributed by atoms with van der Waals surface area (Å²) in [6.07, 6.45) is 0.638. The van der Waals surface area contributed by atoms with Crippen molar-refractivity contribution in [2.45, 2.75) is 20.3 Å². The monoisotopic (exact) mass is 289 g/mol. The fourth-order valence-corrected chi connectivity index (χ4v) is 2.08. The number of rotatable bonds is 5. The molecule has 6 heteroatoms. The quantitative estimate of drug-likeness (QED) is 0.676. The maximum Gasteiger partial charge on any atom is 0.311 e. The number of pyridine rings is 1. The van der Waals surface area contributed by atoms with Crippen LogP contribution in [0.2, 0.25) is 0 Å². The number of nitrogens with one attached hydrogen (secondary N) is 1. The Morgan fingerprint density at radius 3 is 2.71 bits per heavy atom. The van der Waals surface area contributed by atoms with Crippen LogP contribution in [0, 0.1) is 29.8 Å². The molecule has 1 N–H and O–H groups in total. The van der Waals surface area contributed by atoms with Gasteiger partial charge in [-0.15, -0.1) is 0 Å². The van der Waals surface area contributed by atoms with Crippen molar-refractivity contribution in [1.82, 2.24) is 4.98 Å². The molecule has 0 spiro atoms. The Hall–Kier alpha value is -2.50. The minimum absolute atomic E-state index is 0.0450. The van der Waals surface area contributed by atoms with E-state index in [1.54, 1.807) is 19.1 Å². The lowest BCUT2D eigenvalue weighted by molar-refractivity contribution is -0.384. The number of aryl methyl sites for hydroxylation is 2. The highest BCUT2D eigenvalue weighted by Gasteiger charge is 2.14. The van der Waals surface area contributed by atoms with Crippen molar-refractivity contribution in [2.24, 2.45) is 0 Å². The first-order valence-corrected chi connectivity index (χ1v) is 6.58. The summed E-state index contributed by atoms with van der Waals surface area (Å²) in [5.41, 5.74) is 2.53. The third-order valence-electron chi connectivity index (χ3n) is 3.20. The normalized spacial score (nSPS) is 10.4. The van der Waals surface area contributed by atoms with Gasteiger partial charge in [-0.3, -0.25) is 10.1 Å². The van der Waals surface area contributed by atoms with Gasteiger partial charge in [0.1, 0.15) is 5.82 Å². The predicted molar refractivity (Wildman–Crippen MR) is 79.0 cm³/mol. The molecule has 110 valence electrons. The number of halogens is 1. The number of hydrogen-bond acceptors (Lipinski definition) is 4. The molecule has 1 aromatic carbocycles. The molecule has 0 aliphatic rings. The van der Waals surface area contributed by atoms with Gasteiger partial charge in [-0.2, -0.15) is 0 Å². The van der Waals surface area contributed by atoms with E-state index in [0.717, 1.165) is 11.1 Å². The van der Waals surface area contributed by atoms with Crippen LogP contribution in [-0.2, 0) is 6.42 Å². The third kappa shape index (κ3) is 3.75. The van der Waals surface area contributed by atoms with Gasteiger partial charge in [0.05, 0.1) is 4.92 Å². The Morgan fingerprint density at radius 2 is 2.05 bits per heavy atom. The lowest BCUT2D eigenvalue weighted by Crippen LogP contribution is -2.09. The zero-order valence-corrected chi connectivity index (χ0v) is 11.9. The average Bonchev–Trinajstić information content (AvgIpc) is 2.41. The maximum absolute atomic E-state index is 13.0. The summed E-state index contributed by atoms with van der Waals surface area (Å²) in [5.74, 6) is -0.0000346. The second-order valence-corrected chi connectivity index (χ2v) is 4.83. The van der Waals surface area contributed by atoms with Crippen molar-refractivity contribution < 1.29 is 9.31 Å². The average molecular weight is 289 g/mol. The van der Waals surface area contributed by atoms with Crippen LogP contribution >= 0.6 is 0 Å². The van der Waals surface area contributed by atoms with Crippen LogP contribution in [0.25, 0.3) is 0 Å². The van der Waals surface area contributed by atoms with Gasteiger partial charge < -0.3 is 5.32 Å². The van der Waals surface area contributed by atoms with Gasteiger partial charge in [0.25, 0.3) is 0 Å². The molecular weight excluding hydrogens is 273 g/mol. The second-order valence-electron chi connectivity index (χ2n) is 4.83. The number of hydrogen-bond donors (Lipinski definition) is 1. The first-order chi connectivity index (χ1) is 9.97. The van der Waals surface area contributed by atoms with Crippen LogP contribution in [0.15, 0.2) is 30.3 Å². The molecule has 0 saturated heterocycles. The summed E-state index contributed by atoms with van der Waals surface area (Å²) < 4.78 is 13.0. The van der Waals surface area contributed by atoms with E-state index < -0.39 is 4.92 Å². The lowest BCUT2D eigenvalue weighted by Gasteiger charge is -2.09. The summed E-state index contributed by atoms with van der Waals surface area (Å²) in [5, 5.41) is 13.9. The van der Waals surface area contributed by atoms with Gasteiger partial charge in [0.2, 0.25) is 5.82 Å². The van der Waals surface area contributed by atoms with Crippen molar-refractivity contribution in [3.8, 4) is 0 Å². The zero-order valence-electron chi connectivity index (χ0n) is 11.9. The smallest absolute Gasteiger partial charge is 0.311 e. The molecule has 0 radical (unpaired) electrons. The molecule has 1 aromatic heterocycles. The highest BCUT2D eigenvalue weighted by Crippen LogP contribution is 2.22. The fourth-order valence-electron chi connectivity index (χ4n) is 2.08. The molecule has 2 aromatic rings. The molecule has 0 unspecified atom stereocenters. The van der Waals surface area contributed by atoms with Crippen LogP contribution in [0.4, 0.5) is 15.9 Å². The van der Waals surface area contributed by atoms with Crippen LogP contribution < -0.4 is 5.32 Å². The summed E-state index contributed by atoms with van der Waals surface area (Å²) >= 11 is 0. The largest absolute Gasteiger partial charge is 0.364 e. The summed E-state index contributed by atoms with van der Waals surface area (Å²) in [7, 11) is 0. The first-order valence-electron chi connectivity index (χ1n) is 6.58. The number of aromatic nitrogens is 1. The highest BCUT2D eigenvalue weighted by atomic mass is 19.1. The SMILES string of the molecule is Cc1ccc([N+](=O)[O-])c(NCCc2ccc(F)cc2C)n1. The maximum atomic E-state index is 13.0. The lowest BCUT2D eigenvalue weighted by atomic mass is 10.1. The van der Waals surface area contributed by atoms with Crippen molar-refractivity contribution in [3.05, 3.63) is 63.1 Å². The van der Waals surface area contributed by atoms with E-state index in [0.29, 0.717) is 18.7 Å². The van der Waals surface area contributed by atoms with Gasteiger partial charge in [0, 0.05) is 18.3 Å². The summed E-state index contributed by atoms with van der Waals surface area (Å²) in [6, 6.07) is 7.66. The van der Waals surface area contributed by atoms with E-state index in [1.165, 1.54) is 18.2 Å². The number of nitro groups is 1. The molecule has 5 nitrogen and oxygen atoms in total. The van der Waals surface area contributed by atoms with Gasteiger partial charge >= 0.3 is 5.69 Å². The van der Waals surface area contributed by atoms with E-state index in [-0.39, 0.29) is 17.3 Å². The van der Waals surface area contributed by atoms with E-state index in [2.05, 4.69) is 10.3 Å². The van der Waals surface area contributed by atoms with Gasteiger partial charge in [-0.25, -0.2) is 9.37 Å². The molecule has 21 heavy (non-hydrogen) atoms. The molecular formula is C15H16FN3O2. The Balaban J connectivity index is 2.06. The van der Waals surface area contributed by atoms with E-state index >= 15 is 0 Å². The first kappa shape index (κ1) is 14.9. The Morgan fingerprint density at radius 1 is 1.29 bits per heavy atom. The van der Waals surface area contributed by atoms with E-state index in [9.17, 15) is 14.5 Å². The standard InChI is InChI=1S/C15H16FN3O2/c1-10-9-13(16)5-4-12(10)7-8-17-15-14(19(20)21)6-3-11(2)18-15/h3-6,9H,7-8H2,1-2H3,(H,17,18). The number of anilines is 1.